The van der Waals surface area contributed by atoms with E-state index in [2.05, 4.69) is 9.64 Å². The van der Waals surface area contributed by atoms with Crippen LogP contribution < -0.4 is 0 Å². The maximum absolute atomic E-state index is 11.1. The van der Waals surface area contributed by atoms with Crippen LogP contribution in [0.2, 0.25) is 0 Å². The van der Waals surface area contributed by atoms with Gasteiger partial charge in [0.15, 0.2) is 0 Å². The lowest BCUT2D eigenvalue weighted by Crippen LogP contribution is -2.36. The van der Waals surface area contributed by atoms with Gasteiger partial charge in [0, 0.05) is 19.6 Å². The quantitative estimate of drug-likeness (QED) is 0.621. The van der Waals surface area contributed by atoms with E-state index in [4.69, 9.17) is 4.74 Å². The maximum atomic E-state index is 11.1. The van der Waals surface area contributed by atoms with Gasteiger partial charge in [-0.15, -0.1) is 0 Å². The molecule has 1 rings (SSSR count). The first-order valence-electron chi connectivity index (χ1n) is 5.57. The van der Waals surface area contributed by atoms with Crippen molar-refractivity contribution in [3.8, 4) is 0 Å². The van der Waals surface area contributed by atoms with Crippen LogP contribution in [-0.4, -0.2) is 50.8 Å². The number of carbonyl (C=O) groups excluding carboxylic acids is 1. The Kier molecular flexibility index (Phi) is 5.65. The molecule has 4 nitrogen and oxygen atoms in total. The number of nitrogens with zero attached hydrogens (tertiary/aromatic N) is 1. The summed E-state index contributed by atoms with van der Waals surface area (Å²) in [7, 11) is 3.14. The summed E-state index contributed by atoms with van der Waals surface area (Å²) in [5.41, 5.74) is 0. The van der Waals surface area contributed by atoms with Gasteiger partial charge in [-0.05, 0) is 32.4 Å². The zero-order valence-electron chi connectivity index (χ0n) is 9.70. The van der Waals surface area contributed by atoms with E-state index in [1.165, 1.54) is 20.0 Å². The smallest absolute Gasteiger partial charge is 0.305 e. The Balaban J connectivity index is 2.32. The van der Waals surface area contributed by atoms with Crippen LogP contribution in [0, 0.1) is 0 Å². The molecule has 0 bridgehead atoms. The predicted molar refractivity (Wildman–Crippen MR) is 57.7 cm³/mol. The van der Waals surface area contributed by atoms with Crippen LogP contribution in [0.1, 0.15) is 25.7 Å². The number of hydrogen-bond donors (Lipinski definition) is 0. The van der Waals surface area contributed by atoms with Gasteiger partial charge in [-0.3, -0.25) is 9.69 Å². The van der Waals surface area contributed by atoms with E-state index >= 15 is 0 Å². The van der Waals surface area contributed by atoms with Crippen LogP contribution in [-0.2, 0) is 14.3 Å². The molecule has 0 aliphatic carbocycles. The summed E-state index contributed by atoms with van der Waals surface area (Å²) in [4.78, 5) is 13.5. The van der Waals surface area contributed by atoms with Crippen molar-refractivity contribution >= 4 is 5.97 Å². The van der Waals surface area contributed by atoms with Crippen molar-refractivity contribution in [3.63, 3.8) is 0 Å². The molecule has 1 aliphatic heterocycles. The van der Waals surface area contributed by atoms with Gasteiger partial charge in [-0.2, -0.15) is 0 Å². The minimum absolute atomic E-state index is 0.129. The van der Waals surface area contributed by atoms with Gasteiger partial charge >= 0.3 is 5.97 Å². The van der Waals surface area contributed by atoms with Gasteiger partial charge < -0.3 is 9.47 Å². The van der Waals surface area contributed by atoms with Gasteiger partial charge in [0.05, 0.1) is 13.7 Å². The van der Waals surface area contributed by atoms with Crippen molar-refractivity contribution in [3.05, 3.63) is 0 Å². The van der Waals surface area contributed by atoms with Gasteiger partial charge in [-0.1, -0.05) is 0 Å². The molecular formula is C11H21NO3. The first-order chi connectivity index (χ1) is 7.27. The number of hydrogen-bond acceptors (Lipinski definition) is 4. The lowest BCUT2D eigenvalue weighted by Gasteiger charge is -2.26. The average Bonchev–Trinajstić information content (AvgIpc) is 2.76. The molecule has 0 aromatic heterocycles. The van der Waals surface area contributed by atoms with Gasteiger partial charge in [0.25, 0.3) is 0 Å². The van der Waals surface area contributed by atoms with Crippen LogP contribution >= 0.6 is 0 Å². The Morgan fingerprint density at radius 2 is 2.00 bits per heavy atom. The van der Waals surface area contributed by atoms with Crippen molar-refractivity contribution < 1.29 is 14.3 Å². The standard InChI is InChI=1S/C11H21NO3/c1-14-9-10(5-6-11(13)15-2)12-7-3-4-8-12/h10H,3-9H2,1-2H3. The number of likely N-dealkylation sites (tertiary alicyclic amines) is 1. The number of esters is 1. The van der Waals surface area contributed by atoms with E-state index in [1.807, 2.05) is 0 Å². The summed E-state index contributed by atoms with van der Waals surface area (Å²) in [5, 5.41) is 0. The summed E-state index contributed by atoms with van der Waals surface area (Å²) in [6, 6.07) is 0.372. The van der Waals surface area contributed by atoms with Gasteiger partial charge in [0.1, 0.15) is 0 Å². The van der Waals surface area contributed by atoms with Crippen molar-refractivity contribution in [2.45, 2.75) is 31.7 Å². The fourth-order valence-corrected chi connectivity index (χ4v) is 2.06. The van der Waals surface area contributed by atoms with Gasteiger partial charge in [-0.25, -0.2) is 0 Å². The summed E-state index contributed by atoms with van der Waals surface area (Å²) in [6.45, 7) is 2.97. The Morgan fingerprint density at radius 1 is 1.33 bits per heavy atom. The third-order valence-electron chi connectivity index (χ3n) is 2.93. The summed E-state index contributed by atoms with van der Waals surface area (Å²) in [5.74, 6) is -0.129. The summed E-state index contributed by atoms with van der Waals surface area (Å²) >= 11 is 0. The van der Waals surface area contributed by atoms with Gasteiger partial charge in [0.2, 0.25) is 0 Å². The Hall–Kier alpha value is -0.610. The molecule has 88 valence electrons. The molecule has 0 aromatic rings. The highest BCUT2D eigenvalue weighted by molar-refractivity contribution is 5.69. The molecule has 1 saturated heterocycles. The second-order valence-electron chi connectivity index (χ2n) is 3.97. The van der Waals surface area contributed by atoms with E-state index in [1.54, 1.807) is 7.11 Å². The maximum Gasteiger partial charge on any atom is 0.305 e. The van der Waals surface area contributed by atoms with Crippen LogP contribution in [0.5, 0.6) is 0 Å². The van der Waals surface area contributed by atoms with Crippen molar-refractivity contribution in [2.75, 3.05) is 33.9 Å². The number of rotatable bonds is 6. The lowest BCUT2D eigenvalue weighted by molar-refractivity contribution is -0.141. The van der Waals surface area contributed by atoms with E-state index in [9.17, 15) is 4.79 Å². The zero-order chi connectivity index (χ0) is 11.1. The summed E-state index contributed by atoms with van der Waals surface area (Å²) < 4.78 is 9.83. The van der Waals surface area contributed by atoms with Crippen molar-refractivity contribution in [1.29, 1.82) is 0 Å². The predicted octanol–water partition coefficient (Wildman–Crippen LogP) is 1.05. The molecule has 4 heteroatoms. The van der Waals surface area contributed by atoms with E-state index in [-0.39, 0.29) is 5.97 Å². The molecule has 0 N–H and O–H groups in total. The zero-order valence-corrected chi connectivity index (χ0v) is 9.70. The Bertz CT molecular complexity index is 190. The van der Waals surface area contributed by atoms with Crippen molar-refractivity contribution in [1.82, 2.24) is 4.90 Å². The summed E-state index contributed by atoms with van der Waals surface area (Å²) in [6.07, 6.45) is 3.85. The van der Waals surface area contributed by atoms with Crippen molar-refractivity contribution in [2.24, 2.45) is 0 Å². The molecule has 15 heavy (non-hydrogen) atoms. The Morgan fingerprint density at radius 3 is 2.53 bits per heavy atom. The fraction of sp³-hybridized carbons (Fsp3) is 0.909. The normalized spacial score (nSPS) is 19.1. The molecule has 0 spiro atoms. The van der Waals surface area contributed by atoms with E-state index in [0.717, 1.165) is 19.5 Å². The largest absolute Gasteiger partial charge is 0.469 e. The van der Waals surface area contributed by atoms with Crippen LogP contribution in [0.15, 0.2) is 0 Å². The highest BCUT2D eigenvalue weighted by Gasteiger charge is 2.22. The second-order valence-corrected chi connectivity index (χ2v) is 3.97. The third-order valence-corrected chi connectivity index (χ3v) is 2.93. The molecular weight excluding hydrogens is 194 g/mol. The molecule has 1 unspecified atom stereocenters. The lowest BCUT2D eigenvalue weighted by atomic mass is 10.1. The minimum Gasteiger partial charge on any atom is -0.469 e. The highest BCUT2D eigenvalue weighted by atomic mass is 16.5. The molecule has 0 amide bonds. The molecule has 1 fully saturated rings. The number of ether oxygens (including phenoxy) is 2. The molecule has 1 heterocycles. The second kappa shape index (κ2) is 6.80. The molecule has 1 aliphatic rings. The molecule has 0 aromatic carbocycles. The molecule has 0 radical (unpaired) electrons. The monoisotopic (exact) mass is 215 g/mol. The topological polar surface area (TPSA) is 38.8 Å². The molecule has 1 atom stereocenters. The average molecular weight is 215 g/mol. The highest BCUT2D eigenvalue weighted by Crippen LogP contribution is 2.15. The van der Waals surface area contributed by atoms with E-state index < -0.39 is 0 Å². The first-order valence-corrected chi connectivity index (χ1v) is 5.57. The number of methoxy groups -OCH3 is 2. The fourth-order valence-electron chi connectivity index (χ4n) is 2.06. The molecule has 0 saturated carbocycles. The minimum atomic E-state index is -0.129. The number of carbonyl (C=O) groups is 1. The third kappa shape index (κ3) is 4.18. The first kappa shape index (κ1) is 12.5. The van der Waals surface area contributed by atoms with E-state index in [0.29, 0.717) is 19.1 Å². The van der Waals surface area contributed by atoms with Crippen LogP contribution in [0.25, 0.3) is 0 Å². The Labute approximate surface area is 91.5 Å². The van der Waals surface area contributed by atoms with Crippen LogP contribution in [0.3, 0.4) is 0 Å². The van der Waals surface area contributed by atoms with Crippen LogP contribution in [0.4, 0.5) is 0 Å². The SMILES string of the molecule is COCC(CCC(=O)OC)N1CCCC1.